The van der Waals surface area contributed by atoms with E-state index in [4.69, 9.17) is 11.6 Å². The number of carbonyl (C=O) groups excluding carboxylic acids is 1. The molecule has 1 atom stereocenters. The summed E-state index contributed by atoms with van der Waals surface area (Å²) in [6.07, 6.45) is 0.901. The molecule has 1 aromatic heterocycles. The number of likely N-dealkylation sites (tertiary alicyclic amines) is 1. The molecule has 4 heteroatoms. The normalized spacial score (nSPS) is 20.1. The van der Waals surface area contributed by atoms with Crippen LogP contribution in [0.1, 0.15) is 16.1 Å². The fraction of sp³-hybridized carbons (Fsp3) is 0.308. The van der Waals surface area contributed by atoms with E-state index in [-0.39, 0.29) is 11.3 Å². The summed E-state index contributed by atoms with van der Waals surface area (Å²) < 4.78 is 1.16. The minimum absolute atomic E-state index is 0.119. The summed E-state index contributed by atoms with van der Waals surface area (Å²) in [5, 5.41) is 1.26. The van der Waals surface area contributed by atoms with Gasteiger partial charge in [0.25, 0.3) is 5.91 Å². The van der Waals surface area contributed by atoms with Crippen LogP contribution >= 0.6 is 22.9 Å². The SMILES string of the molecule is O=C(c1cc2ccccc2s1)N1CCC(Cl)C1. The predicted octanol–water partition coefficient (Wildman–Crippen LogP) is 3.35. The lowest BCUT2D eigenvalue weighted by molar-refractivity contribution is 0.0798. The van der Waals surface area contributed by atoms with Crippen LogP contribution in [0.4, 0.5) is 0 Å². The van der Waals surface area contributed by atoms with Crippen molar-refractivity contribution in [1.82, 2.24) is 4.90 Å². The molecule has 0 saturated carbocycles. The summed E-state index contributed by atoms with van der Waals surface area (Å²) in [4.78, 5) is 14.9. The van der Waals surface area contributed by atoms with E-state index in [1.807, 2.05) is 35.2 Å². The van der Waals surface area contributed by atoms with Gasteiger partial charge in [-0.05, 0) is 23.9 Å². The number of hydrogen-bond acceptors (Lipinski definition) is 2. The van der Waals surface area contributed by atoms with Gasteiger partial charge in [0.2, 0.25) is 0 Å². The van der Waals surface area contributed by atoms with E-state index < -0.39 is 0 Å². The molecule has 3 rings (SSSR count). The van der Waals surface area contributed by atoms with Crippen LogP contribution in [-0.4, -0.2) is 29.3 Å². The monoisotopic (exact) mass is 265 g/mol. The molecule has 2 heterocycles. The lowest BCUT2D eigenvalue weighted by Gasteiger charge is -2.13. The Morgan fingerprint density at radius 2 is 2.24 bits per heavy atom. The van der Waals surface area contributed by atoms with Crippen molar-refractivity contribution >= 4 is 38.9 Å². The number of benzene rings is 1. The fourth-order valence-electron chi connectivity index (χ4n) is 2.15. The number of nitrogens with zero attached hydrogens (tertiary/aromatic N) is 1. The standard InChI is InChI=1S/C13H12ClNOS/c14-10-5-6-15(8-10)13(16)12-7-9-3-1-2-4-11(9)17-12/h1-4,7,10H,5-6,8H2. The maximum atomic E-state index is 12.2. The average Bonchev–Trinajstić information content (AvgIpc) is 2.93. The molecular formula is C13H12ClNOS. The molecule has 1 fully saturated rings. The van der Waals surface area contributed by atoms with Crippen LogP contribution in [-0.2, 0) is 0 Å². The van der Waals surface area contributed by atoms with Gasteiger partial charge in [-0.3, -0.25) is 4.79 Å². The second kappa shape index (κ2) is 4.31. The van der Waals surface area contributed by atoms with Gasteiger partial charge in [-0.2, -0.15) is 0 Å². The van der Waals surface area contributed by atoms with Crippen LogP contribution in [0.3, 0.4) is 0 Å². The maximum absolute atomic E-state index is 12.2. The quantitative estimate of drug-likeness (QED) is 0.724. The molecule has 0 N–H and O–H groups in total. The number of rotatable bonds is 1. The van der Waals surface area contributed by atoms with Gasteiger partial charge in [0.1, 0.15) is 0 Å². The van der Waals surface area contributed by atoms with E-state index in [2.05, 4.69) is 0 Å². The van der Waals surface area contributed by atoms with Crippen molar-refractivity contribution in [2.75, 3.05) is 13.1 Å². The third kappa shape index (κ3) is 2.05. The van der Waals surface area contributed by atoms with Crippen molar-refractivity contribution in [2.24, 2.45) is 0 Å². The van der Waals surface area contributed by atoms with Crippen LogP contribution < -0.4 is 0 Å². The summed E-state index contributed by atoms with van der Waals surface area (Å²) in [7, 11) is 0. The molecule has 0 bridgehead atoms. The third-order valence-electron chi connectivity index (χ3n) is 3.05. The Morgan fingerprint density at radius 3 is 2.94 bits per heavy atom. The number of alkyl halides is 1. The van der Waals surface area contributed by atoms with Gasteiger partial charge in [0.15, 0.2) is 0 Å². The Bertz CT molecular complexity index is 532. The van der Waals surface area contributed by atoms with Crippen LogP contribution in [0.2, 0.25) is 0 Å². The molecule has 1 unspecified atom stereocenters. The van der Waals surface area contributed by atoms with E-state index in [0.29, 0.717) is 6.54 Å². The zero-order chi connectivity index (χ0) is 11.8. The third-order valence-corrected chi connectivity index (χ3v) is 4.51. The smallest absolute Gasteiger partial charge is 0.264 e. The van der Waals surface area contributed by atoms with Crippen molar-refractivity contribution in [3.8, 4) is 0 Å². The van der Waals surface area contributed by atoms with Gasteiger partial charge in [0, 0.05) is 17.8 Å². The lowest BCUT2D eigenvalue weighted by atomic mass is 10.2. The molecule has 2 nitrogen and oxygen atoms in total. The van der Waals surface area contributed by atoms with Crippen LogP contribution in [0.15, 0.2) is 30.3 Å². The van der Waals surface area contributed by atoms with Crippen molar-refractivity contribution in [3.63, 3.8) is 0 Å². The number of amides is 1. The topological polar surface area (TPSA) is 20.3 Å². The van der Waals surface area contributed by atoms with Crippen molar-refractivity contribution in [3.05, 3.63) is 35.2 Å². The maximum Gasteiger partial charge on any atom is 0.264 e. The molecule has 1 aliphatic rings. The first-order valence-electron chi connectivity index (χ1n) is 5.66. The van der Waals surface area contributed by atoms with E-state index in [0.717, 1.165) is 27.9 Å². The van der Waals surface area contributed by atoms with Gasteiger partial charge < -0.3 is 4.90 Å². The number of thiophene rings is 1. The van der Waals surface area contributed by atoms with E-state index in [1.54, 1.807) is 11.3 Å². The number of carbonyl (C=O) groups is 1. The molecule has 2 aromatic rings. The Kier molecular flexibility index (Phi) is 2.81. The first-order valence-corrected chi connectivity index (χ1v) is 6.91. The van der Waals surface area contributed by atoms with Crippen LogP contribution in [0, 0.1) is 0 Å². The molecule has 17 heavy (non-hydrogen) atoms. The highest BCUT2D eigenvalue weighted by atomic mass is 35.5. The molecule has 1 aliphatic heterocycles. The van der Waals surface area contributed by atoms with Gasteiger partial charge in [-0.25, -0.2) is 0 Å². The van der Waals surface area contributed by atoms with Crippen molar-refractivity contribution in [2.45, 2.75) is 11.8 Å². The second-order valence-electron chi connectivity index (χ2n) is 4.29. The van der Waals surface area contributed by atoms with Gasteiger partial charge in [-0.1, -0.05) is 18.2 Å². The van der Waals surface area contributed by atoms with E-state index >= 15 is 0 Å². The predicted molar refractivity (Wildman–Crippen MR) is 72.0 cm³/mol. The lowest BCUT2D eigenvalue weighted by Crippen LogP contribution is -2.28. The van der Waals surface area contributed by atoms with Gasteiger partial charge in [0.05, 0.1) is 10.3 Å². The zero-order valence-corrected chi connectivity index (χ0v) is 10.8. The summed E-state index contributed by atoms with van der Waals surface area (Å²) in [6.45, 7) is 1.45. The van der Waals surface area contributed by atoms with E-state index in [9.17, 15) is 4.79 Å². The largest absolute Gasteiger partial charge is 0.336 e. The minimum Gasteiger partial charge on any atom is -0.336 e. The minimum atomic E-state index is 0.119. The molecule has 1 saturated heterocycles. The van der Waals surface area contributed by atoms with Crippen molar-refractivity contribution < 1.29 is 4.79 Å². The van der Waals surface area contributed by atoms with Gasteiger partial charge in [-0.15, -0.1) is 22.9 Å². The Balaban J connectivity index is 1.90. The Hall–Kier alpha value is -1.06. The number of halogens is 1. The average molecular weight is 266 g/mol. The second-order valence-corrected chi connectivity index (χ2v) is 5.99. The molecule has 0 spiro atoms. The number of hydrogen-bond donors (Lipinski definition) is 0. The summed E-state index contributed by atoms with van der Waals surface area (Å²) in [5.41, 5.74) is 0. The highest BCUT2D eigenvalue weighted by Crippen LogP contribution is 2.27. The van der Waals surface area contributed by atoms with Crippen LogP contribution in [0.25, 0.3) is 10.1 Å². The number of fused-ring (bicyclic) bond motifs is 1. The Labute approximate surface area is 109 Å². The molecule has 1 amide bonds. The summed E-state index contributed by atoms with van der Waals surface area (Å²) in [5.74, 6) is 0.120. The first kappa shape index (κ1) is 11.1. The first-order chi connectivity index (χ1) is 8.24. The molecule has 88 valence electrons. The van der Waals surface area contributed by atoms with Crippen LogP contribution in [0.5, 0.6) is 0 Å². The van der Waals surface area contributed by atoms with Crippen molar-refractivity contribution in [1.29, 1.82) is 0 Å². The summed E-state index contributed by atoms with van der Waals surface area (Å²) in [6, 6.07) is 10.1. The molecule has 0 aliphatic carbocycles. The van der Waals surface area contributed by atoms with Gasteiger partial charge >= 0.3 is 0 Å². The Morgan fingerprint density at radius 1 is 1.41 bits per heavy atom. The van der Waals surface area contributed by atoms with E-state index in [1.165, 1.54) is 0 Å². The highest BCUT2D eigenvalue weighted by molar-refractivity contribution is 7.20. The molecule has 1 aromatic carbocycles. The zero-order valence-electron chi connectivity index (χ0n) is 9.23. The molecule has 0 radical (unpaired) electrons. The highest BCUT2D eigenvalue weighted by Gasteiger charge is 2.26. The fourth-order valence-corrected chi connectivity index (χ4v) is 3.44. The molecular weight excluding hydrogens is 254 g/mol. The summed E-state index contributed by atoms with van der Waals surface area (Å²) >= 11 is 7.59.